The quantitative estimate of drug-likeness (QED) is 0.548. The molecule has 140 valence electrons. The van der Waals surface area contributed by atoms with Gasteiger partial charge in [0.15, 0.2) is 5.65 Å². The van der Waals surface area contributed by atoms with Crippen LogP contribution in [0.3, 0.4) is 0 Å². The molecular formula is C21H20N6O. The van der Waals surface area contributed by atoms with Crippen LogP contribution in [0.1, 0.15) is 30.3 Å². The maximum absolute atomic E-state index is 5.48. The Labute approximate surface area is 162 Å². The molecule has 1 saturated heterocycles. The van der Waals surface area contributed by atoms with Crippen LogP contribution < -0.4 is 0 Å². The van der Waals surface area contributed by atoms with Gasteiger partial charge in [0.25, 0.3) is 0 Å². The van der Waals surface area contributed by atoms with E-state index in [0.29, 0.717) is 5.92 Å². The summed E-state index contributed by atoms with van der Waals surface area (Å²) in [5.74, 6) is 1.19. The van der Waals surface area contributed by atoms with E-state index in [-0.39, 0.29) is 0 Å². The number of pyridine rings is 1. The number of aromatic nitrogens is 6. The van der Waals surface area contributed by atoms with Crippen LogP contribution >= 0.6 is 0 Å². The van der Waals surface area contributed by atoms with Crippen LogP contribution in [-0.2, 0) is 4.74 Å². The molecule has 0 aliphatic carbocycles. The molecule has 0 aromatic carbocycles. The number of aryl methyl sites for hydroxylation is 1. The number of fused-ring (bicyclic) bond motifs is 1. The third-order valence-corrected chi connectivity index (χ3v) is 5.18. The molecule has 1 aliphatic heterocycles. The summed E-state index contributed by atoms with van der Waals surface area (Å²) in [6.07, 6.45) is 11.3. The Kier molecular flexibility index (Phi) is 4.29. The molecule has 0 saturated carbocycles. The van der Waals surface area contributed by atoms with Crippen LogP contribution in [0.2, 0.25) is 0 Å². The summed E-state index contributed by atoms with van der Waals surface area (Å²) in [6.45, 7) is 3.47. The van der Waals surface area contributed by atoms with Crippen molar-refractivity contribution in [1.82, 2.24) is 29.5 Å². The van der Waals surface area contributed by atoms with Gasteiger partial charge in [-0.1, -0.05) is 0 Å². The van der Waals surface area contributed by atoms with E-state index in [1.807, 2.05) is 37.6 Å². The highest BCUT2D eigenvalue weighted by Crippen LogP contribution is 2.30. The van der Waals surface area contributed by atoms with Crippen LogP contribution in [0.4, 0.5) is 0 Å². The van der Waals surface area contributed by atoms with Crippen LogP contribution in [-0.4, -0.2) is 42.8 Å². The largest absolute Gasteiger partial charge is 0.381 e. The van der Waals surface area contributed by atoms with Gasteiger partial charge in [0.1, 0.15) is 5.82 Å². The predicted octanol–water partition coefficient (Wildman–Crippen LogP) is 3.45. The minimum Gasteiger partial charge on any atom is -0.381 e. The average Bonchev–Trinajstić information content (AvgIpc) is 3.18. The average molecular weight is 372 g/mol. The van der Waals surface area contributed by atoms with Gasteiger partial charge >= 0.3 is 0 Å². The molecule has 1 aliphatic rings. The smallest absolute Gasteiger partial charge is 0.163 e. The number of rotatable bonds is 3. The monoisotopic (exact) mass is 372 g/mol. The van der Waals surface area contributed by atoms with Gasteiger partial charge in [-0.15, -0.1) is 0 Å². The van der Waals surface area contributed by atoms with Gasteiger partial charge in [-0.2, -0.15) is 5.10 Å². The van der Waals surface area contributed by atoms with Crippen molar-refractivity contribution in [2.75, 3.05) is 13.2 Å². The Morgan fingerprint density at radius 1 is 1.00 bits per heavy atom. The highest BCUT2D eigenvalue weighted by molar-refractivity contribution is 5.78. The lowest BCUT2D eigenvalue weighted by molar-refractivity contribution is 0.0845. The molecule has 0 N–H and O–H groups in total. The van der Waals surface area contributed by atoms with Gasteiger partial charge in [-0.05, 0) is 43.5 Å². The molecule has 0 bridgehead atoms. The molecule has 5 rings (SSSR count). The molecule has 0 atom stereocenters. The molecule has 4 aromatic rings. The SMILES string of the molecule is Cc1ncc(-c2ccn3ncc(-c4ccnc(C5CCOCC5)c4)c3n2)cn1. The van der Waals surface area contributed by atoms with Gasteiger partial charge in [0.05, 0.1) is 11.9 Å². The molecule has 1 fully saturated rings. The van der Waals surface area contributed by atoms with E-state index in [1.165, 1.54) is 0 Å². The fourth-order valence-electron chi connectivity index (χ4n) is 3.59. The third kappa shape index (κ3) is 3.14. The lowest BCUT2D eigenvalue weighted by atomic mass is 9.94. The zero-order chi connectivity index (χ0) is 18.9. The normalized spacial score (nSPS) is 15.2. The van der Waals surface area contributed by atoms with E-state index < -0.39 is 0 Å². The Morgan fingerprint density at radius 2 is 1.82 bits per heavy atom. The summed E-state index contributed by atoms with van der Waals surface area (Å²) in [4.78, 5) is 18.0. The summed E-state index contributed by atoms with van der Waals surface area (Å²) in [5, 5.41) is 4.47. The van der Waals surface area contributed by atoms with Crippen molar-refractivity contribution >= 4 is 5.65 Å². The minimum atomic E-state index is 0.448. The topological polar surface area (TPSA) is 78.1 Å². The molecular weight excluding hydrogens is 352 g/mol. The standard InChI is InChI=1S/C21H20N6O/c1-14-23-11-17(12-24-14)19-3-7-27-21(26-19)18(13-25-27)16-2-6-22-20(10-16)15-4-8-28-9-5-15/h2-3,6-7,10-13,15H,4-5,8-9H2,1H3. The Morgan fingerprint density at radius 3 is 2.64 bits per heavy atom. The van der Waals surface area contributed by atoms with Crippen molar-refractivity contribution in [3.8, 4) is 22.4 Å². The molecule has 28 heavy (non-hydrogen) atoms. The van der Waals surface area contributed by atoms with Crippen molar-refractivity contribution in [2.24, 2.45) is 0 Å². The number of ether oxygens (including phenoxy) is 1. The zero-order valence-corrected chi connectivity index (χ0v) is 15.6. The van der Waals surface area contributed by atoms with E-state index >= 15 is 0 Å². The Bertz CT molecular complexity index is 1120. The summed E-state index contributed by atoms with van der Waals surface area (Å²) in [6, 6.07) is 6.11. The molecule has 7 heteroatoms. The molecule has 0 amide bonds. The van der Waals surface area contributed by atoms with Gasteiger partial charge in [0, 0.05) is 60.7 Å². The molecule has 7 nitrogen and oxygen atoms in total. The van der Waals surface area contributed by atoms with Crippen LogP contribution in [0.25, 0.3) is 28.0 Å². The first-order valence-electron chi connectivity index (χ1n) is 9.45. The Balaban J connectivity index is 1.55. The van der Waals surface area contributed by atoms with E-state index in [9.17, 15) is 0 Å². The highest BCUT2D eigenvalue weighted by Gasteiger charge is 2.18. The van der Waals surface area contributed by atoms with Gasteiger partial charge in [-0.3, -0.25) is 4.98 Å². The fraction of sp³-hybridized carbons (Fsp3) is 0.286. The molecule has 0 radical (unpaired) electrons. The first-order valence-corrected chi connectivity index (χ1v) is 9.45. The summed E-state index contributed by atoms with van der Waals surface area (Å²) < 4.78 is 7.28. The van der Waals surface area contributed by atoms with Gasteiger partial charge in [0.2, 0.25) is 0 Å². The molecule has 5 heterocycles. The second kappa shape index (κ2) is 7.09. The number of hydrogen-bond acceptors (Lipinski definition) is 6. The first-order chi connectivity index (χ1) is 13.8. The lowest BCUT2D eigenvalue weighted by Gasteiger charge is -2.21. The molecule has 0 unspecified atom stereocenters. The van der Waals surface area contributed by atoms with Crippen molar-refractivity contribution in [2.45, 2.75) is 25.7 Å². The number of nitrogens with zero attached hydrogens (tertiary/aromatic N) is 6. The second-order valence-electron chi connectivity index (χ2n) is 7.01. The zero-order valence-electron chi connectivity index (χ0n) is 15.6. The third-order valence-electron chi connectivity index (χ3n) is 5.18. The molecule has 0 spiro atoms. The first kappa shape index (κ1) is 16.9. The molecule has 4 aromatic heterocycles. The summed E-state index contributed by atoms with van der Waals surface area (Å²) >= 11 is 0. The van der Waals surface area contributed by atoms with Crippen molar-refractivity contribution in [3.63, 3.8) is 0 Å². The van der Waals surface area contributed by atoms with Crippen molar-refractivity contribution in [1.29, 1.82) is 0 Å². The van der Waals surface area contributed by atoms with E-state index in [2.05, 4.69) is 26.1 Å². The Hall–Kier alpha value is -3.19. The fourth-order valence-corrected chi connectivity index (χ4v) is 3.59. The van der Waals surface area contributed by atoms with Gasteiger partial charge in [-0.25, -0.2) is 19.5 Å². The van der Waals surface area contributed by atoms with Crippen molar-refractivity contribution < 1.29 is 4.74 Å². The second-order valence-corrected chi connectivity index (χ2v) is 7.01. The van der Waals surface area contributed by atoms with Crippen molar-refractivity contribution in [3.05, 3.63) is 60.7 Å². The van der Waals surface area contributed by atoms with Gasteiger partial charge < -0.3 is 4.74 Å². The predicted molar refractivity (Wildman–Crippen MR) is 105 cm³/mol. The lowest BCUT2D eigenvalue weighted by Crippen LogP contribution is -2.15. The highest BCUT2D eigenvalue weighted by atomic mass is 16.5. The summed E-state index contributed by atoms with van der Waals surface area (Å²) in [7, 11) is 0. The van der Waals surface area contributed by atoms with Crippen LogP contribution in [0.15, 0.2) is 49.2 Å². The van der Waals surface area contributed by atoms with E-state index in [0.717, 1.165) is 65.6 Å². The van der Waals surface area contributed by atoms with Crippen LogP contribution in [0.5, 0.6) is 0 Å². The van der Waals surface area contributed by atoms with E-state index in [1.54, 1.807) is 16.9 Å². The summed E-state index contributed by atoms with van der Waals surface area (Å²) in [5.41, 5.74) is 5.71. The van der Waals surface area contributed by atoms with E-state index in [4.69, 9.17) is 9.72 Å². The minimum absolute atomic E-state index is 0.448. The van der Waals surface area contributed by atoms with Crippen LogP contribution in [0, 0.1) is 6.92 Å². The maximum Gasteiger partial charge on any atom is 0.163 e. The number of hydrogen-bond donors (Lipinski definition) is 0. The maximum atomic E-state index is 5.48.